The van der Waals surface area contributed by atoms with Gasteiger partial charge in [0.25, 0.3) is 5.91 Å². The Labute approximate surface area is 192 Å². The van der Waals surface area contributed by atoms with E-state index in [2.05, 4.69) is 39.5 Å². The summed E-state index contributed by atoms with van der Waals surface area (Å²) in [5.74, 6) is 0.600. The highest BCUT2D eigenvalue weighted by molar-refractivity contribution is 7.15. The number of ether oxygens (including phenoxy) is 2. The predicted octanol–water partition coefficient (Wildman–Crippen LogP) is 4.51. The number of nitrogens with zero attached hydrogens (tertiary/aromatic N) is 2. The van der Waals surface area contributed by atoms with Crippen LogP contribution in [0.4, 0.5) is 5.13 Å². The van der Waals surface area contributed by atoms with Crippen LogP contribution in [0.25, 0.3) is 0 Å². The minimum atomic E-state index is -0.150. The van der Waals surface area contributed by atoms with Gasteiger partial charge in [0, 0.05) is 43.1 Å². The molecular formula is C25H27N3O3S. The maximum Gasteiger partial charge on any atom is 0.257 e. The number of rotatable bonds is 7. The second-order valence-corrected chi connectivity index (χ2v) is 9.34. The SMILES string of the molecule is O=C(Nc1nc2c(s1)CN(Cc1ccccc1)CC2)c1ccc(OCC2CCCO2)cc1. The zero-order valence-electron chi connectivity index (χ0n) is 18.0. The molecule has 32 heavy (non-hydrogen) atoms. The van der Waals surface area contributed by atoms with E-state index in [1.54, 1.807) is 23.5 Å². The number of thiazole rings is 1. The maximum atomic E-state index is 12.7. The average molecular weight is 450 g/mol. The van der Waals surface area contributed by atoms with E-state index in [9.17, 15) is 4.79 Å². The molecule has 1 amide bonds. The number of hydrogen-bond donors (Lipinski definition) is 1. The van der Waals surface area contributed by atoms with Gasteiger partial charge in [0.1, 0.15) is 12.4 Å². The van der Waals surface area contributed by atoms with Crippen LogP contribution in [0.15, 0.2) is 54.6 Å². The Bertz CT molecular complexity index is 1050. The van der Waals surface area contributed by atoms with Gasteiger partial charge in [0.05, 0.1) is 11.8 Å². The van der Waals surface area contributed by atoms with E-state index in [0.29, 0.717) is 17.3 Å². The van der Waals surface area contributed by atoms with E-state index in [1.165, 1.54) is 10.4 Å². The number of anilines is 1. The molecule has 1 aromatic heterocycles. The molecule has 1 atom stereocenters. The van der Waals surface area contributed by atoms with Crippen molar-refractivity contribution < 1.29 is 14.3 Å². The Hall–Kier alpha value is -2.74. The lowest BCUT2D eigenvalue weighted by atomic mass is 10.1. The maximum absolute atomic E-state index is 12.7. The molecule has 0 bridgehead atoms. The zero-order chi connectivity index (χ0) is 21.8. The number of nitrogens with one attached hydrogen (secondary N) is 1. The lowest BCUT2D eigenvalue weighted by molar-refractivity contribution is 0.0679. The summed E-state index contributed by atoms with van der Waals surface area (Å²) in [5.41, 5.74) is 3.01. The Balaban J connectivity index is 1.16. The van der Waals surface area contributed by atoms with Crippen LogP contribution >= 0.6 is 11.3 Å². The van der Waals surface area contributed by atoms with Crippen molar-refractivity contribution in [3.8, 4) is 5.75 Å². The summed E-state index contributed by atoms with van der Waals surface area (Å²) in [7, 11) is 0. The highest BCUT2D eigenvalue weighted by Crippen LogP contribution is 2.29. The summed E-state index contributed by atoms with van der Waals surface area (Å²) in [6.07, 6.45) is 3.23. The van der Waals surface area contributed by atoms with Gasteiger partial charge >= 0.3 is 0 Å². The molecule has 2 aliphatic heterocycles. The minimum absolute atomic E-state index is 0.150. The normalized spacial score (nSPS) is 18.3. The fourth-order valence-corrected chi connectivity index (χ4v) is 5.16. The Morgan fingerprint density at radius 1 is 1.19 bits per heavy atom. The van der Waals surface area contributed by atoms with Crippen molar-refractivity contribution in [1.29, 1.82) is 0 Å². The first-order chi connectivity index (χ1) is 15.7. The van der Waals surface area contributed by atoms with E-state index in [-0.39, 0.29) is 12.0 Å². The van der Waals surface area contributed by atoms with E-state index in [4.69, 9.17) is 9.47 Å². The molecule has 0 aliphatic carbocycles. The van der Waals surface area contributed by atoms with Crippen molar-refractivity contribution >= 4 is 22.4 Å². The molecule has 6 nitrogen and oxygen atoms in total. The third-order valence-electron chi connectivity index (χ3n) is 5.86. The summed E-state index contributed by atoms with van der Waals surface area (Å²) >= 11 is 1.57. The second-order valence-electron chi connectivity index (χ2n) is 8.26. The fraction of sp³-hybridized carbons (Fsp3) is 0.360. The zero-order valence-corrected chi connectivity index (χ0v) is 18.8. The quantitative estimate of drug-likeness (QED) is 0.575. The Kier molecular flexibility index (Phi) is 6.48. The number of carbonyl (C=O) groups is 1. The summed E-state index contributed by atoms with van der Waals surface area (Å²) in [4.78, 5) is 21.0. The molecule has 0 saturated carbocycles. The topological polar surface area (TPSA) is 63.7 Å². The molecule has 166 valence electrons. The number of carbonyl (C=O) groups excluding carboxylic acids is 1. The number of amides is 1. The number of benzene rings is 2. The molecule has 1 fully saturated rings. The van der Waals surface area contributed by atoms with Crippen LogP contribution in [0.1, 0.15) is 39.3 Å². The van der Waals surface area contributed by atoms with E-state index < -0.39 is 0 Å². The molecule has 0 radical (unpaired) electrons. The van der Waals surface area contributed by atoms with Crippen molar-refractivity contribution in [3.05, 3.63) is 76.3 Å². The first-order valence-corrected chi connectivity index (χ1v) is 12.0. The minimum Gasteiger partial charge on any atom is -0.491 e. The summed E-state index contributed by atoms with van der Waals surface area (Å²) in [6, 6.07) is 17.8. The van der Waals surface area contributed by atoms with Crippen molar-refractivity contribution in [2.75, 3.05) is 25.1 Å². The van der Waals surface area contributed by atoms with Gasteiger partial charge in [-0.05, 0) is 42.7 Å². The Morgan fingerprint density at radius 2 is 2.03 bits per heavy atom. The fourth-order valence-electron chi connectivity index (χ4n) is 4.12. The van der Waals surface area contributed by atoms with Crippen molar-refractivity contribution in [1.82, 2.24) is 9.88 Å². The van der Waals surface area contributed by atoms with Crippen LogP contribution in [0.5, 0.6) is 5.75 Å². The van der Waals surface area contributed by atoms with Gasteiger partial charge in [-0.25, -0.2) is 4.98 Å². The Morgan fingerprint density at radius 3 is 2.81 bits per heavy atom. The van der Waals surface area contributed by atoms with Crippen LogP contribution in [0.3, 0.4) is 0 Å². The van der Waals surface area contributed by atoms with E-state index in [0.717, 1.165) is 56.9 Å². The summed E-state index contributed by atoms with van der Waals surface area (Å²) in [6.45, 7) is 4.15. The first-order valence-electron chi connectivity index (χ1n) is 11.1. The van der Waals surface area contributed by atoms with Crippen LogP contribution < -0.4 is 10.1 Å². The van der Waals surface area contributed by atoms with E-state index >= 15 is 0 Å². The van der Waals surface area contributed by atoms with Gasteiger partial charge in [0.15, 0.2) is 5.13 Å². The second kappa shape index (κ2) is 9.81. The molecule has 0 spiro atoms. The smallest absolute Gasteiger partial charge is 0.257 e. The predicted molar refractivity (Wildman–Crippen MR) is 125 cm³/mol. The van der Waals surface area contributed by atoms with Gasteiger partial charge in [-0.3, -0.25) is 15.0 Å². The molecule has 5 rings (SSSR count). The van der Waals surface area contributed by atoms with Crippen LogP contribution in [-0.4, -0.2) is 41.7 Å². The van der Waals surface area contributed by atoms with Gasteiger partial charge in [0.2, 0.25) is 0 Å². The van der Waals surface area contributed by atoms with Gasteiger partial charge in [-0.15, -0.1) is 11.3 Å². The lowest BCUT2D eigenvalue weighted by Gasteiger charge is -2.25. The van der Waals surface area contributed by atoms with Crippen molar-refractivity contribution in [2.24, 2.45) is 0 Å². The van der Waals surface area contributed by atoms with Gasteiger partial charge < -0.3 is 9.47 Å². The van der Waals surface area contributed by atoms with Crippen LogP contribution in [0.2, 0.25) is 0 Å². The van der Waals surface area contributed by atoms with Gasteiger partial charge in [-0.1, -0.05) is 30.3 Å². The third kappa shape index (κ3) is 5.18. The van der Waals surface area contributed by atoms with Crippen molar-refractivity contribution in [3.63, 3.8) is 0 Å². The molecule has 1 unspecified atom stereocenters. The standard InChI is InChI=1S/C25H27N3O3S/c29-24(19-8-10-20(11-9-19)31-17-21-7-4-14-30-21)27-25-26-22-12-13-28(16-23(22)32-25)15-18-5-2-1-3-6-18/h1-3,5-6,8-11,21H,4,7,12-17H2,(H,26,27,29). The molecule has 1 saturated heterocycles. The monoisotopic (exact) mass is 449 g/mol. The molecule has 1 N–H and O–H groups in total. The van der Waals surface area contributed by atoms with Crippen LogP contribution in [-0.2, 0) is 24.2 Å². The van der Waals surface area contributed by atoms with Crippen molar-refractivity contribution in [2.45, 2.75) is 38.5 Å². The summed E-state index contributed by atoms with van der Waals surface area (Å²) < 4.78 is 11.4. The highest BCUT2D eigenvalue weighted by Gasteiger charge is 2.22. The molecule has 3 aromatic rings. The molecular weight excluding hydrogens is 422 g/mol. The molecule has 7 heteroatoms. The number of fused-ring (bicyclic) bond motifs is 1. The van der Waals surface area contributed by atoms with Crippen LogP contribution in [0, 0.1) is 0 Å². The first kappa shape index (κ1) is 21.1. The largest absolute Gasteiger partial charge is 0.491 e. The molecule has 2 aliphatic rings. The number of aromatic nitrogens is 1. The average Bonchev–Trinajstić information content (AvgIpc) is 3.48. The lowest BCUT2D eigenvalue weighted by Crippen LogP contribution is -2.29. The molecule has 3 heterocycles. The summed E-state index contributed by atoms with van der Waals surface area (Å²) in [5, 5.41) is 3.63. The highest BCUT2D eigenvalue weighted by atomic mass is 32.1. The van der Waals surface area contributed by atoms with E-state index in [1.807, 2.05) is 18.2 Å². The number of hydrogen-bond acceptors (Lipinski definition) is 6. The molecule has 2 aromatic carbocycles. The van der Waals surface area contributed by atoms with Gasteiger partial charge in [-0.2, -0.15) is 0 Å². The third-order valence-corrected chi connectivity index (χ3v) is 6.85.